The molecule has 106 valence electrons. The number of nitrogens with one attached hydrogen (secondary N) is 1. The largest absolute Gasteiger partial charge is 0.376 e. The lowest BCUT2D eigenvalue weighted by molar-refractivity contribution is 0.118. The highest BCUT2D eigenvalue weighted by Gasteiger charge is 2.28. The topological polar surface area (TPSA) is 37.4 Å². The lowest BCUT2D eigenvalue weighted by atomic mass is 10.1. The second kappa shape index (κ2) is 6.35. The molecule has 1 N–H and O–H groups in total. The van der Waals surface area contributed by atoms with E-state index in [1.165, 1.54) is 0 Å². The van der Waals surface area contributed by atoms with Gasteiger partial charge in [0.05, 0.1) is 29.7 Å². The maximum absolute atomic E-state index is 5.63. The second-order valence-electron chi connectivity index (χ2n) is 5.26. The number of pyridine rings is 1. The molecule has 4 nitrogen and oxygen atoms in total. The van der Waals surface area contributed by atoms with Crippen LogP contribution in [0.4, 0.5) is 5.69 Å². The monoisotopic (exact) mass is 263 g/mol. The summed E-state index contributed by atoms with van der Waals surface area (Å²) in [5, 5.41) is 3.38. The van der Waals surface area contributed by atoms with Crippen molar-refractivity contribution < 1.29 is 4.74 Å². The molecule has 2 heterocycles. The molecule has 0 aromatic carbocycles. The summed E-state index contributed by atoms with van der Waals surface area (Å²) in [5.74, 6) is 0. The van der Waals surface area contributed by atoms with Gasteiger partial charge < -0.3 is 15.0 Å². The zero-order valence-corrected chi connectivity index (χ0v) is 12.4. The number of hydrogen-bond donors (Lipinski definition) is 1. The van der Waals surface area contributed by atoms with Crippen molar-refractivity contribution in [1.29, 1.82) is 0 Å². The molecule has 0 aliphatic carbocycles. The van der Waals surface area contributed by atoms with E-state index >= 15 is 0 Å². The Hall–Kier alpha value is -1.13. The molecule has 0 bridgehead atoms. The highest BCUT2D eigenvalue weighted by molar-refractivity contribution is 5.45. The highest BCUT2D eigenvalue weighted by atomic mass is 16.5. The van der Waals surface area contributed by atoms with Crippen molar-refractivity contribution in [1.82, 2.24) is 10.3 Å². The summed E-state index contributed by atoms with van der Waals surface area (Å²) >= 11 is 0. The van der Waals surface area contributed by atoms with Gasteiger partial charge in [0, 0.05) is 19.7 Å². The molecule has 19 heavy (non-hydrogen) atoms. The van der Waals surface area contributed by atoms with Crippen molar-refractivity contribution in [3.8, 4) is 0 Å². The third-order valence-corrected chi connectivity index (χ3v) is 3.97. The Morgan fingerprint density at radius 3 is 2.84 bits per heavy atom. The molecular weight excluding hydrogens is 238 g/mol. The Morgan fingerprint density at radius 1 is 1.53 bits per heavy atom. The van der Waals surface area contributed by atoms with E-state index in [0.717, 1.165) is 31.0 Å². The molecule has 0 spiro atoms. The van der Waals surface area contributed by atoms with Crippen LogP contribution in [-0.2, 0) is 4.74 Å². The summed E-state index contributed by atoms with van der Waals surface area (Å²) in [6.07, 6.45) is 3.35. The summed E-state index contributed by atoms with van der Waals surface area (Å²) in [6, 6.07) is 5.03. The van der Waals surface area contributed by atoms with Gasteiger partial charge in [-0.2, -0.15) is 0 Å². The van der Waals surface area contributed by atoms with Gasteiger partial charge in [0.2, 0.25) is 0 Å². The first-order valence-electron chi connectivity index (χ1n) is 7.17. The zero-order valence-electron chi connectivity index (χ0n) is 12.4. The fourth-order valence-corrected chi connectivity index (χ4v) is 2.69. The lowest BCUT2D eigenvalue weighted by Crippen LogP contribution is -2.36. The van der Waals surface area contributed by atoms with Gasteiger partial charge in [-0.05, 0) is 38.9 Å². The van der Waals surface area contributed by atoms with Crippen molar-refractivity contribution in [2.45, 2.75) is 45.4 Å². The molecule has 1 aromatic heterocycles. The van der Waals surface area contributed by atoms with Gasteiger partial charge in [0.1, 0.15) is 0 Å². The Balaban J connectivity index is 2.05. The third-order valence-electron chi connectivity index (χ3n) is 3.97. The Kier molecular flexibility index (Phi) is 4.77. The van der Waals surface area contributed by atoms with Crippen molar-refractivity contribution >= 4 is 5.69 Å². The van der Waals surface area contributed by atoms with Gasteiger partial charge in [0.25, 0.3) is 0 Å². The molecule has 0 saturated carbocycles. The van der Waals surface area contributed by atoms with Crippen LogP contribution in [0.25, 0.3) is 0 Å². The fraction of sp³-hybridized carbons (Fsp3) is 0.667. The van der Waals surface area contributed by atoms with Gasteiger partial charge >= 0.3 is 0 Å². The molecule has 4 heteroatoms. The van der Waals surface area contributed by atoms with E-state index in [1.54, 1.807) is 0 Å². The molecule has 2 rings (SSSR count). The molecule has 1 aromatic rings. The first-order valence-corrected chi connectivity index (χ1v) is 7.17. The normalized spacial score (nSPS) is 24.4. The number of likely N-dealkylation sites (N-methyl/N-ethyl adjacent to an activating group) is 1. The van der Waals surface area contributed by atoms with E-state index in [0.29, 0.717) is 18.2 Å². The standard InChI is InChI=1S/C15H25N3O/c1-5-16-11(2)14-7-6-13(10-17-14)18(4)15-8-9-19-12(15)3/h6-7,10-12,15-16H,5,8-9H2,1-4H3. The zero-order chi connectivity index (χ0) is 13.8. The Labute approximate surface area is 116 Å². The van der Waals surface area contributed by atoms with Crippen LogP contribution in [0.5, 0.6) is 0 Å². The Bertz CT molecular complexity index is 393. The smallest absolute Gasteiger partial charge is 0.0750 e. The molecular formula is C15H25N3O. The van der Waals surface area contributed by atoms with Crippen LogP contribution in [0.1, 0.15) is 38.9 Å². The van der Waals surface area contributed by atoms with Crippen LogP contribution >= 0.6 is 0 Å². The minimum atomic E-state index is 0.297. The quantitative estimate of drug-likeness (QED) is 0.885. The molecule has 1 aliphatic rings. The van der Waals surface area contributed by atoms with Crippen LogP contribution in [0, 0.1) is 0 Å². The molecule has 1 saturated heterocycles. The molecule has 1 fully saturated rings. The summed E-state index contributed by atoms with van der Waals surface area (Å²) in [7, 11) is 2.13. The van der Waals surface area contributed by atoms with Gasteiger partial charge in [-0.15, -0.1) is 0 Å². The lowest BCUT2D eigenvalue weighted by Gasteiger charge is -2.28. The molecule has 0 radical (unpaired) electrons. The van der Waals surface area contributed by atoms with E-state index < -0.39 is 0 Å². The van der Waals surface area contributed by atoms with E-state index in [9.17, 15) is 0 Å². The van der Waals surface area contributed by atoms with Crippen molar-refractivity contribution in [3.05, 3.63) is 24.0 Å². The number of ether oxygens (including phenoxy) is 1. The number of hydrogen-bond acceptors (Lipinski definition) is 4. The maximum atomic E-state index is 5.63. The SMILES string of the molecule is CCNC(C)c1ccc(N(C)C2CCOC2C)cn1. The van der Waals surface area contributed by atoms with Gasteiger partial charge in [-0.25, -0.2) is 0 Å². The first-order chi connectivity index (χ1) is 9.13. The van der Waals surface area contributed by atoms with Crippen LogP contribution in [0.3, 0.4) is 0 Å². The van der Waals surface area contributed by atoms with Gasteiger partial charge in [-0.1, -0.05) is 6.92 Å². The van der Waals surface area contributed by atoms with Crippen LogP contribution in [-0.4, -0.2) is 37.3 Å². The maximum Gasteiger partial charge on any atom is 0.0750 e. The molecule has 1 aliphatic heterocycles. The predicted molar refractivity (Wildman–Crippen MR) is 78.6 cm³/mol. The first kappa shape index (κ1) is 14.3. The van der Waals surface area contributed by atoms with Crippen LogP contribution in [0.2, 0.25) is 0 Å². The number of anilines is 1. The van der Waals surface area contributed by atoms with Gasteiger partial charge in [0.15, 0.2) is 0 Å². The highest BCUT2D eigenvalue weighted by Crippen LogP contribution is 2.24. The summed E-state index contributed by atoms with van der Waals surface area (Å²) in [6.45, 7) is 8.21. The average molecular weight is 263 g/mol. The molecule has 3 unspecified atom stereocenters. The second-order valence-corrected chi connectivity index (χ2v) is 5.26. The minimum Gasteiger partial charge on any atom is -0.376 e. The third kappa shape index (κ3) is 3.25. The van der Waals surface area contributed by atoms with E-state index in [4.69, 9.17) is 4.74 Å². The Morgan fingerprint density at radius 2 is 2.32 bits per heavy atom. The fourth-order valence-electron chi connectivity index (χ4n) is 2.69. The average Bonchev–Trinajstić information content (AvgIpc) is 2.84. The summed E-state index contributed by atoms with van der Waals surface area (Å²) in [5.41, 5.74) is 2.25. The molecule has 0 amide bonds. The summed E-state index contributed by atoms with van der Waals surface area (Å²) in [4.78, 5) is 6.85. The molecule has 3 atom stereocenters. The number of rotatable bonds is 5. The van der Waals surface area contributed by atoms with E-state index in [2.05, 4.69) is 55.2 Å². The van der Waals surface area contributed by atoms with Crippen molar-refractivity contribution in [2.75, 3.05) is 25.1 Å². The van der Waals surface area contributed by atoms with E-state index in [-0.39, 0.29) is 0 Å². The van der Waals surface area contributed by atoms with Crippen LogP contribution < -0.4 is 10.2 Å². The van der Waals surface area contributed by atoms with Crippen molar-refractivity contribution in [2.24, 2.45) is 0 Å². The van der Waals surface area contributed by atoms with Gasteiger partial charge in [-0.3, -0.25) is 4.98 Å². The minimum absolute atomic E-state index is 0.297. The summed E-state index contributed by atoms with van der Waals surface area (Å²) < 4.78 is 5.63. The predicted octanol–water partition coefficient (Wildman–Crippen LogP) is 2.37. The number of aromatic nitrogens is 1. The van der Waals surface area contributed by atoms with Crippen LogP contribution in [0.15, 0.2) is 18.3 Å². The van der Waals surface area contributed by atoms with Crippen molar-refractivity contribution in [3.63, 3.8) is 0 Å². The van der Waals surface area contributed by atoms with E-state index in [1.807, 2.05) is 6.20 Å². The number of nitrogens with zero attached hydrogens (tertiary/aromatic N) is 2.